The molecule has 0 radical (unpaired) electrons. The number of hydrogen-bond acceptors (Lipinski definition) is 5. The summed E-state index contributed by atoms with van der Waals surface area (Å²) in [5.41, 5.74) is -2.51. The third kappa shape index (κ3) is 5.07. The molecular formula is C19H21F3N2O4S. The molecule has 0 aromatic heterocycles. The fourth-order valence-electron chi connectivity index (χ4n) is 2.52. The molecule has 0 saturated carbocycles. The first kappa shape index (κ1) is 22.7. The number of carbonyl (C=O) groups is 1. The third-order valence-corrected chi connectivity index (χ3v) is 5.44. The topological polar surface area (TPSA) is 84.5 Å². The van der Waals surface area contributed by atoms with Crippen LogP contribution in [0.25, 0.3) is 0 Å². The van der Waals surface area contributed by atoms with E-state index in [4.69, 9.17) is 0 Å². The molecule has 2 rings (SSSR count). The predicted octanol–water partition coefficient (Wildman–Crippen LogP) is 3.52. The van der Waals surface area contributed by atoms with E-state index in [1.807, 2.05) is 5.32 Å². The average molecular weight is 430 g/mol. The highest BCUT2D eigenvalue weighted by Crippen LogP contribution is 2.34. The number of esters is 1. The Balaban J connectivity index is 2.60. The first-order chi connectivity index (χ1) is 13.4. The normalized spacial score (nSPS) is 14.1. The van der Waals surface area contributed by atoms with E-state index in [1.165, 1.54) is 42.0 Å². The fraction of sp³-hybridized carbons (Fsp3) is 0.316. The van der Waals surface area contributed by atoms with Gasteiger partial charge >= 0.3 is 12.1 Å². The van der Waals surface area contributed by atoms with E-state index in [-0.39, 0.29) is 12.3 Å². The Hall–Kier alpha value is -2.59. The van der Waals surface area contributed by atoms with Crippen LogP contribution in [0.1, 0.15) is 18.1 Å². The van der Waals surface area contributed by atoms with Crippen molar-refractivity contribution in [1.82, 2.24) is 4.72 Å². The minimum Gasteiger partial charge on any atom is -0.463 e. The van der Waals surface area contributed by atoms with Crippen LogP contribution >= 0.6 is 0 Å². The molecule has 0 fully saturated rings. The summed E-state index contributed by atoms with van der Waals surface area (Å²) in [7, 11) is -4.74. The Morgan fingerprint density at radius 2 is 1.66 bits per heavy atom. The van der Waals surface area contributed by atoms with Crippen molar-refractivity contribution < 1.29 is 31.1 Å². The molecule has 0 aliphatic heterocycles. The summed E-state index contributed by atoms with van der Waals surface area (Å²) in [6.07, 6.45) is -5.36. The van der Waals surface area contributed by atoms with Gasteiger partial charge in [0.1, 0.15) is 0 Å². The van der Waals surface area contributed by atoms with Crippen molar-refractivity contribution in [2.75, 3.05) is 11.9 Å². The molecule has 0 bridgehead atoms. The summed E-state index contributed by atoms with van der Waals surface area (Å²) in [5.74, 6) is -1.82. The van der Waals surface area contributed by atoms with Crippen LogP contribution in [0.4, 0.5) is 18.9 Å². The molecule has 0 spiro atoms. The van der Waals surface area contributed by atoms with E-state index >= 15 is 0 Å². The number of alkyl halides is 3. The van der Waals surface area contributed by atoms with Gasteiger partial charge in [0.05, 0.1) is 11.5 Å². The molecular weight excluding hydrogens is 409 g/mol. The lowest BCUT2D eigenvalue weighted by atomic mass is 10.1. The van der Waals surface area contributed by atoms with Gasteiger partial charge in [0.2, 0.25) is 10.0 Å². The highest BCUT2D eigenvalue weighted by molar-refractivity contribution is 7.89. The minimum absolute atomic E-state index is 0.109. The monoisotopic (exact) mass is 430 g/mol. The van der Waals surface area contributed by atoms with Crippen LogP contribution in [0.5, 0.6) is 0 Å². The molecule has 1 atom stereocenters. The van der Waals surface area contributed by atoms with Crippen LogP contribution in [0, 0.1) is 13.8 Å². The molecule has 2 aromatic rings. The van der Waals surface area contributed by atoms with Gasteiger partial charge in [-0.1, -0.05) is 29.8 Å². The second-order valence-corrected chi connectivity index (χ2v) is 8.06. The zero-order valence-electron chi connectivity index (χ0n) is 16.0. The Kier molecular flexibility index (Phi) is 6.59. The van der Waals surface area contributed by atoms with E-state index in [1.54, 1.807) is 19.9 Å². The average Bonchev–Trinajstić information content (AvgIpc) is 2.60. The molecule has 0 amide bonds. The van der Waals surface area contributed by atoms with Crippen LogP contribution in [0.15, 0.2) is 53.4 Å². The number of hydrogen-bond donors (Lipinski definition) is 2. The lowest BCUT2D eigenvalue weighted by Crippen LogP contribution is -2.69. The number of carbonyl (C=O) groups excluding carboxylic acids is 1. The summed E-state index contributed by atoms with van der Waals surface area (Å²) in [6, 6.07) is 10.9. The van der Waals surface area contributed by atoms with Crippen LogP contribution in [-0.2, 0) is 19.6 Å². The summed E-state index contributed by atoms with van der Waals surface area (Å²) < 4.78 is 74.0. The van der Waals surface area contributed by atoms with Crippen LogP contribution in [-0.4, -0.2) is 32.8 Å². The number of ether oxygens (including phenoxy) is 1. The first-order valence-electron chi connectivity index (χ1n) is 8.61. The van der Waals surface area contributed by atoms with Crippen molar-refractivity contribution in [3.05, 3.63) is 59.7 Å². The van der Waals surface area contributed by atoms with Crippen LogP contribution in [0.3, 0.4) is 0 Å². The molecule has 0 heterocycles. The van der Waals surface area contributed by atoms with Crippen molar-refractivity contribution in [2.24, 2.45) is 0 Å². The SMILES string of the molecule is CCOC(=O)C(Nc1cccc(C)c1)(NS(=O)(=O)c1ccc(C)cc1)C(F)(F)F. The van der Waals surface area contributed by atoms with Gasteiger partial charge in [-0.3, -0.25) is 0 Å². The van der Waals surface area contributed by atoms with Gasteiger partial charge in [0, 0.05) is 5.69 Å². The van der Waals surface area contributed by atoms with E-state index < -0.39 is 32.7 Å². The number of anilines is 1. The Morgan fingerprint density at radius 1 is 1.03 bits per heavy atom. The van der Waals surface area contributed by atoms with Gasteiger partial charge in [-0.15, -0.1) is 0 Å². The number of halogens is 3. The second kappa shape index (κ2) is 8.42. The Bertz CT molecular complexity index is 976. The summed E-state index contributed by atoms with van der Waals surface area (Å²) in [4.78, 5) is 12.0. The smallest absolute Gasteiger partial charge is 0.437 e. The molecule has 0 aliphatic carbocycles. The van der Waals surface area contributed by atoms with E-state index in [9.17, 15) is 26.4 Å². The summed E-state index contributed by atoms with van der Waals surface area (Å²) in [6.45, 7) is 4.28. The number of rotatable bonds is 7. The molecule has 2 N–H and O–H groups in total. The van der Waals surface area contributed by atoms with Crippen molar-refractivity contribution in [3.63, 3.8) is 0 Å². The van der Waals surface area contributed by atoms with Crippen LogP contribution < -0.4 is 10.0 Å². The highest BCUT2D eigenvalue weighted by atomic mass is 32.2. The Morgan fingerprint density at radius 3 is 2.17 bits per heavy atom. The molecule has 0 aliphatic rings. The minimum atomic E-state index is -5.36. The predicted molar refractivity (Wildman–Crippen MR) is 102 cm³/mol. The number of aryl methyl sites for hydroxylation is 2. The number of sulfonamides is 1. The molecule has 0 saturated heterocycles. The Labute approximate surface area is 167 Å². The lowest BCUT2D eigenvalue weighted by Gasteiger charge is -2.35. The molecule has 1 unspecified atom stereocenters. The van der Waals surface area contributed by atoms with Gasteiger partial charge in [-0.05, 0) is 50.6 Å². The molecule has 6 nitrogen and oxygen atoms in total. The van der Waals surface area contributed by atoms with E-state index in [2.05, 4.69) is 4.74 Å². The van der Waals surface area contributed by atoms with Gasteiger partial charge in [0.25, 0.3) is 5.66 Å². The zero-order valence-corrected chi connectivity index (χ0v) is 16.8. The summed E-state index contributed by atoms with van der Waals surface area (Å²) in [5, 5.41) is 2.01. The maximum absolute atomic E-state index is 14.2. The highest BCUT2D eigenvalue weighted by Gasteiger charge is 2.64. The molecule has 158 valence electrons. The largest absolute Gasteiger partial charge is 0.463 e. The van der Waals surface area contributed by atoms with Crippen molar-refractivity contribution in [1.29, 1.82) is 0 Å². The van der Waals surface area contributed by atoms with Gasteiger partial charge in [-0.2, -0.15) is 17.9 Å². The lowest BCUT2D eigenvalue weighted by molar-refractivity contribution is -0.202. The standard InChI is InChI=1S/C19H21F3N2O4S/c1-4-28-17(25)18(19(20,21)22,23-15-7-5-6-14(3)12-15)24-29(26,27)16-10-8-13(2)9-11-16/h5-12,23-24H,4H2,1-3H3. The van der Waals surface area contributed by atoms with Gasteiger partial charge < -0.3 is 10.1 Å². The quantitative estimate of drug-likeness (QED) is 0.519. The third-order valence-electron chi connectivity index (χ3n) is 3.98. The molecule has 29 heavy (non-hydrogen) atoms. The van der Waals surface area contributed by atoms with E-state index in [0.717, 1.165) is 12.1 Å². The number of benzene rings is 2. The van der Waals surface area contributed by atoms with Gasteiger partial charge in [-0.25, -0.2) is 13.2 Å². The van der Waals surface area contributed by atoms with Gasteiger partial charge in [0.15, 0.2) is 0 Å². The zero-order chi connectivity index (χ0) is 21.9. The molecule has 10 heteroatoms. The second-order valence-electron chi connectivity index (χ2n) is 6.38. The van der Waals surface area contributed by atoms with Crippen molar-refractivity contribution >= 4 is 21.7 Å². The summed E-state index contributed by atoms with van der Waals surface area (Å²) >= 11 is 0. The fourth-order valence-corrected chi connectivity index (χ4v) is 3.78. The van der Waals surface area contributed by atoms with Crippen LogP contribution in [0.2, 0.25) is 0 Å². The van der Waals surface area contributed by atoms with Crippen molar-refractivity contribution in [3.8, 4) is 0 Å². The maximum atomic E-state index is 14.2. The maximum Gasteiger partial charge on any atom is 0.437 e. The molecule has 2 aromatic carbocycles. The number of nitrogens with one attached hydrogen (secondary N) is 2. The van der Waals surface area contributed by atoms with E-state index in [0.29, 0.717) is 11.1 Å². The van der Waals surface area contributed by atoms with Crippen molar-refractivity contribution in [2.45, 2.75) is 37.5 Å². The first-order valence-corrected chi connectivity index (χ1v) is 10.1.